The van der Waals surface area contributed by atoms with Gasteiger partial charge in [-0.05, 0) is 12.8 Å². The zero-order valence-corrected chi connectivity index (χ0v) is 13.5. The number of aliphatic hydroxyl groups excluding tert-OH is 1. The van der Waals surface area contributed by atoms with E-state index >= 15 is 0 Å². The Bertz CT molecular complexity index is 216. The summed E-state index contributed by atoms with van der Waals surface area (Å²) in [5, 5.41) is 9.59. The molecule has 1 atom stereocenters. The highest BCUT2D eigenvalue weighted by atomic mass is 16.5. The van der Waals surface area contributed by atoms with E-state index < -0.39 is 12.1 Å². The van der Waals surface area contributed by atoms with E-state index in [2.05, 4.69) is 6.92 Å². The number of hydrogen-bond acceptors (Lipinski definition) is 3. The monoisotopic (exact) mass is 286 g/mol. The summed E-state index contributed by atoms with van der Waals surface area (Å²) in [5.74, 6) is -0.456. The summed E-state index contributed by atoms with van der Waals surface area (Å²) in [5.41, 5.74) is 0. The minimum atomic E-state index is -0.921. The molecule has 0 amide bonds. The smallest absolute Gasteiger partial charge is 0.334 e. The van der Waals surface area contributed by atoms with Crippen molar-refractivity contribution in [1.29, 1.82) is 0 Å². The van der Waals surface area contributed by atoms with Gasteiger partial charge in [-0.1, -0.05) is 78.1 Å². The average molecular weight is 286 g/mol. The molecule has 0 aromatic heterocycles. The van der Waals surface area contributed by atoms with Gasteiger partial charge in [0.15, 0.2) is 6.10 Å². The van der Waals surface area contributed by atoms with E-state index in [4.69, 9.17) is 4.74 Å². The van der Waals surface area contributed by atoms with Gasteiger partial charge in [0.2, 0.25) is 0 Å². The fourth-order valence-corrected chi connectivity index (χ4v) is 2.24. The lowest BCUT2D eigenvalue weighted by Gasteiger charge is -2.09. The van der Waals surface area contributed by atoms with Gasteiger partial charge in [-0.25, -0.2) is 4.79 Å². The lowest BCUT2D eigenvalue weighted by Crippen LogP contribution is -2.23. The largest absolute Gasteiger partial charge is 0.464 e. The first-order chi connectivity index (χ1) is 9.72. The second kappa shape index (κ2) is 14.8. The molecule has 0 saturated carbocycles. The zero-order chi connectivity index (χ0) is 15.1. The Morgan fingerprint density at radius 2 is 1.35 bits per heavy atom. The van der Waals surface area contributed by atoms with Crippen LogP contribution in [0.1, 0.15) is 90.9 Å². The normalized spacial score (nSPS) is 12.3. The molecule has 0 aliphatic rings. The van der Waals surface area contributed by atoms with Crippen LogP contribution in [0.15, 0.2) is 0 Å². The Morgan fingerprint density at radius 1 is 0.850 bits per heavy atom. The molecule has 0 fully saturated rings. The van der Waals surface area contributed by atoms with Crippen molar-refractivity contribution in [2.75, 3.05) is 6.61 Å². The molecule has 120 valence electrons. The number of rotatable bonds is 14. The van der Waals surface area contributed by atoms with Gasteiger partial charge < -0.3 is 9.84 Å². The minimum Gasteiger partial charge on any atom is -0.464 e. The molecule has 0 spiro atoms. The third-order valence-corrected chi connectivity index (χ3v) is 3.55. The highest BCUT2D eigenvalue weighted by molar-refractivity contribution is 5.74. The molecule has 3 nitrogen and oxygen atoms in total. The van der Waals surface area contributed by atoms with Crippen LogP contribution < -0.4 is 0 Å². The van der Waals surface area contributed by atoms with E-state index in [9.17, 15) is 9.90 Å². The van der Waals surface area contributed by atoms with Gasteiger partial charge in [0.05, 0.1) is 6.61 Å². The number of carbonyl (C=O) groups is 1. The summed E-state index contributed by atoms with van der Waals surface area (Å²) >= 11 is 0. The molecule has 0 saturated heterocycles. The average Bonchev–Trinajstić information content (AvgIpc) is 2.46. The van der Waals surface area contributed by atoms with Crippen LogP contribution in [0.4, 0.5) is 0 Å². The van der Waals surface area contributed by atoms with Gasteiger partial charge in [0.1, 0.15) is 0 Å². The number of esters is 1. The van der Waals surface area contributed by atoms with Crippen molar-refractivity contribution >= 4 is 5.97 Å². The van der Waals surface area contributed by atoms with Crippen molar-refractivity contribution in [3.05, 3.63) is 0 Å². The summed E-state index contributed by atoms with van der Waals surface area (Å²) in [4.78, 5) is 11.3. The van der Waals surface area contributed by atoms with Gasteiger partial charge in [-0.2, -0.15) is 0 Å². The number of aliphatic hydroxyl groups is 1. The standard InChI is InChI=1S/C17H34O3/c1-3-5-6-7-8-9-10-11-12-13-14-16(18)17(19)20-15-4-2/h16,18H,3-15H2,1-2H3. The molecule has 0 rings (SSSR count). The Kier molecular flexibility index (Phi) is 14.4. The molecule has 0 radical (unpaired) electrons. The van der Waals surface area contributed by atoms with Crippen LogP contribution in [-0.2, 0) is 9.53 Å². The number of hydrogen-bond donors (Lipinski definition) is 1. The highest BCUT2D eigenvalue weighted by Gasteiger charge is 2.15. The minimum absolute atomic E-state index is 0.411. The molecule has 3 heteroatoms. The Balaban J connectivity index is 3.24. The Labute approximate surface area is 125 Å². The van der Waals surface area contributed by atoms with Crippen molar-refractivity contribution < 1.29 is 14.6 Å². The van der Waals surface area contributed by atoms with E-state index in [1.165, 1.54) is 51.4 Å². The Hall–Kier alpha value is -0.570. The molecular formula is C17H34O3. The van der Waals surface area contributed by atoms with Crippen LogP contribution in [0.3, 0.4) is 0 Å². The van der Waals surface area contributed by atoms with Gasteiger partial charge >= 0.3 is 5.97 Å². The summed E-state index contributed by atoms with van der Waals surface area (Å²) in [6, 6.07) is 0. The van der Waals surface area contributed by atoms with Crippen LogP contribution in [0.2, 0.25) is 0 Å². The lowest BCUT2D eigenvalue weighted by molar-refractivity contribution is -0.153. The van der Waals surface area contributed by atoms with Gasteiger partial charge in [-0.3, -0.25) is 0 Å². The SMILES string of the molecule is CCCCCCCCCCCCC(O)C(=O)OCCC. The molecule has 0 heterocycles. The maximum atomic E-state index is 11.3. The van der Waals surface area contributed by atoms with Crippen LogP contribution in [-0.4, -0.2) is 23.8 Å². The number of ether oxygens (including phenoxy) is 1. The summed E-state index contributed by atoms with van der Waals surface area (Å²) in [7, 11) is 0. The lowest BCUT2D eigenvalue weighted by atomic mass is 10.0. The van der Waals surface area contributed by atoms with Gasteiger partial charge in [0.25, 0.3) is 0 Å². The van der Waals surface area contributed by atoms with Gasteiger partial charge in [-0.15, -0.1) is 0 Å². The Morgan fingerprint density at radius 3 is 1.85 bits per heavy atom. The van der Waals surface area contributed by atoms with Crippen molar-refractivity contribution in [2.24, 2.45) is 0 Å². The predicted octanol–water partition coefficient (Wildman–Crippen LogP) is 4.61. The van der Waals surface area contributed by atoms with Crippen LogP contribution in [0.5, 0.6) is 0 Å². The molecule has 0 aromatic rings. The van der Waals surface area contributed by atoms with E-state index in [1.54, 1.807) is 0 Å². The first-order valence-electron chi connectivity index (χ1n) is 8.57. The van der Waals surface area contributed by atoms with Crippen LogP contribution in [0, 0.1) is 0 Å². The van der Waals surface area contributed by atoms with Gasteiger partial charge in [0, 0.05) is 0 Å². The molecule has 0 aliphatic carbocycles. The number of carbonyl (C=O) groups excluding carboxylic acids is 1. The van der Waals surface area contributed by atoms with E-state index in [-0.39, 0.29) is 0 Å². The molecule has 0 bridgehead atoms. The quantitative estimate of drug-likeness (QED) is 0.374. The summed E-state index contributed by atoms with van der Waals surface area (Å²) in [6.07, 6.45) is 13.0. The van der Waals surface area contributed by atoms with Crippen molar-refractivity contribution in [3.63, 3.8) is 0 Å². The summed E-state index contributed by atoms with van der Waals surface area (Å²) in [6.45, 7) is 4.60. The molecule has 1 unspecified atom stereocenters. The molecular weight excluding hydrogens is 252 g/mol. The third kappa shape index (κ3) is 12.5. The topological polar surface area (TPSA) is 46.5 Å². The molecule has 0 aromatic carbocycles. The molecule has 0 aliphatic heterocycles. The maximum Gasteiger partial charge on any atom is 0.334 e. The first kappa shape index (κ1) is 19.4. The maximum absolute atomic E-state index is 11.3. The third-order valence-electron chi connectivity index (χ3n) is 3.55. The molecule has 1 N–H and O–H groups in total. The second-order valence-electron chi connectivity index (χ2n) is 5.65. The highest BCUT2D eigenvalue weighted by Crippen LogP contribution is 2.12. The van der Waals surface area contributed by atoms with E-state index in [0.29, 0.717) is 13.0 Å². The fraction of sp³-hybridized carbons (Fsp3) is 0.941. The van der Waals surface area contributed by atoms with E-state index in [1.807, 2.05) is 6.92 Å². The van der Waals surface area contributed by atoms with Crippen LogP contribution >= 0.6 is 0 Å². The number of unbranched alkanes of at least 4 members (excludes halogenated alkanes) is 9. The van der Waals surface area contributed by atoms with E-state index in [0.717, 1.165) is 19.3 Å². The first-order valence-corrected chi connectivity index (χ1v) is 8.57. The fourth-order valence-electron chi connectivity index (χ4n) is 2.24. The zero-order valence-electron chi connectivity index (χ0n) is 13.5. The predicted molar refractivity (Wildman–Crippen MR) is 83.7 cm³/mol. The van der Waals surface area contributed by atoms with Crippen LogP contribution in [0.25, 0.3) is 0 Å². The van der Waals surface area contributed by atoms with Crippen molar-refractivity contribution in [1.82, 2.24) is 0 Å². The summed E-state index contributed by atoms with van der Waals surface area (Å²) < 4.78 is 4.91. The van der Waals surface area contributed by atoms with Crippen molar-refractivity contribution in [3.8, 4) is 0 Å². The second-order valence-corrected chi connectivity index (χ2v) is 5.65. The molecule has 20 heavy (non-hydrogen) atoms. The van der Waals surface area contributed by atoms with Crippen molar-refractivity contribution in [2.45, 2.75) is 97.0 Å².